The summed E-state index contributed by atoms with van der Waals surface area (Å²) in [6.45, 7) is 3.41. The normalized spacial score (nSPS) is 17.6. The molecule has 25 heavy (non-hydrogen) atoms. The van der Waals surface area contributed by atoms with Gasteiger partial charge in [0.05, 0.1) is 6.04 Å². The van der Waals surface area contributed by atoms with Gasteiger partial charge in [-0.05, 0) is 19.8 Å². The molecular formula is C19H20N4O2. The maximum absolute atomic E-state index is 12.8. The molecule has 6 nitrogen and oxygen atoms in total. The minimum absolute atomic E-state index is 0.0756. The number of amides is 1. The molecule has 0 N–H and O–H groups in total. The predicted molar refractivity (Wildman–Crippen MR) is 93.1 cm³/mol. The molecule has 0 radical (unpaired) electrons. The van der Waals surface area contributed by atoms with Gasteiger partial charge in [-0.1, -0.05) is 35.5 Å². The van der Waals surface area contributed by atoms with E-state index in [0.29, 0.717) is 18.0 Å². The lowest BCUT2D eigenvalue weighted by Crippen LogP contribution is -2.40. The third kappa shape index (κ3) is 3.07. The van der Waals surface area contributed by atoms with Crippen molar-refractivity contribution in [2.75, 3.05) is 13.1 Å². The topological polar surface area (TPSA) is 64.2 Å². The SMILES string of the molecule is Cc1nccn1[C@H]1CCCN(C(=O)c2cc(-c3ccccc3)on2)C1. The fourth-order valence-electron chi connectivity index (χ4n) is 3.42. The second-order valence-electron chi connectivity index (χ2n) is 6.37. The summed E-state index contributed by atoms with van der Waals surface area (Å²) in [7, 11) is 0. The minimum atomic E-state index is -0.0756. The summed E-state index contributed by atoms with van der Waals surface area (Å²) in [5.41, 5.74) is 1.28. The zero-order valence-corrected chi connectivity index (χ0v) is 14.1. The molecule has 1 saturated heterocycles. The van der Waals surface area contributed by atoms with E-state index in [9.17, 15) is 4.79 Å². The number of rotatable bonds is 3. The highest BCUT2D eigenvalue weighted by Gasteiger charge is 2.27. The second-order valence-corrected chi connectivity index (χ2v) is 6.37. The van der Waals surface area contributed by atoms with Gasteiger partial charge < -0.3 is 14.0 Å². The Kier molecular flexibility index (Phi) is 4.09. The molecule has 1 atom stereocenters. The van der Waals surface area contributed by atoms with E-state index in [-0.39, 0.29) is 11.9 Å². The number of imidazole rings is 1. The van der Waals surface area contributed by atoms with Gasteiger partial charge in [0, 0.05) is 37.1 Å². The lowest BCUT2D eigenvalue weighted by Gasteiger charge is -2.33. The monoisotopic (exact) mass is 336 g/mol. The Morgan fingerprint density at radius 1 is 1.28 bits per heavy atom. The van der Waals surface area contributed by atoms with Crippen LogP contribution in [0.5, 0.6) is 0 Å². The molecule has 6 heteroatoms. The number of carbonyl (C=O) groups excluding carboxylic acids is 1. The first-order valence-corrected chi connectivity index (χ1v) is 8.53. The maximum Gasteiger partial charge on any atom is 0.276 e. The molecule has 2 aromatic heterocycles. The van der Waals surface area contributed by atoms with Crippen LogP contribution in [0.1, 0.15) is 35.2 Å². The van der Waals surface area contributed by atoms with E-state index in [1.54, 1.807) is 12.3 Å². The quantitative estimate of drug-likeness (QED) is 0.736. The molecule has 0 spiro atoms. The number of benzene rings is 1. The van der Waals surface area contributed by atoms with E-state index in [1.165, 1.54) is 0 Å². The number of aromatic nitrogens is 3. The van der Waals surface area contributed by atoms with Crippen molar-refractivity contribution in [2.45, 2.75) is 25.8 Å². The molecule has 1 aromatic carbocycles. The van der Waals surface area contributed by atoms with E-state index in [4.69, 9.17) is 4.52 Å². The Hall–Kier alpha value is -2.89. The first kappa shape index (κ1) is 15.6. The van der Waals surface area contributed by atoms with Gasteiger partial charge in [-0.15, -0.1) is 0 Å². The molecule has 0 bridgehead atoms. The van der Waals surface area contributed by atoms with Crippen LogP contribution in [-0.4, -0.2) is 38.6 Å². The predicted octanol–water partition coefficient (Wildman–Crippen LogP) is 3.32. The lowest BCUT2D eigenvalue weighted by molar-refractivity contribution is 0.0668. The van der Waals surface area contributed by atoms with Gasteiger partial charge in [-0.2, -0.15) is 0 Å². The van der Waals surface area contributed by atoms with E-state index in [2.05, 4.69) is 14.7 Å². The molecule has 0 saturated carbocycles. The molecule has 1 aliphatic rings. The summed E-state index contributed by atoms with van der Waals surface area (Å²) in [4.78, 5) is 19.0. The second kappa shape index (κ2) is 6.55. The molecule has 1 amide bonds. The van der Waals surface area contributed by atoms with Crippen molar-refractivity contribution in [2.24, 2.45) is 0 Å². The highest BCUT2D eigenvalue weighted by Crippen LogP contribution is 2.25. The Bertz CT molecular complexity index is 868. The summed E-state index contributed by atoms with van der Waals surface area (Å²) in [5.74, 6) is 1.52. The number of aryl methyl sites for hydroxylation is 1. The van der Waals surface area contributed by atoms with E-state index >= 15 is 0 Å². The molecule has 1 fully saturated rings. The van der Waals surface area contributed by atoms with Crippen LogP contribution in [0.3, 0.4) is 0 Å². The molecule has 0 aliphatic carbocycles. The van der Waals surface area contributed by atoms with Gasteiger partial charge >= 0.3 is 0 Å². The van der Waals surface area contributed by atoms with E-state index in [0.717, 1.165) is 30.8 Å². The summed E-state index contributed by atoms with van der Waals surface area (Å²) >= 11 is 0. The van der Waals surface area contributed by atoms with Crippen LogP contribution < -0.4 is 0 Å². The zero-order valence-electron chi connectivity index (χ0n) is 14.1. The molecule has 1 aliphatic heterocycles. The maximum atomic E-state index is 12.8. The lowest BCUT2D eigenvalue weighted by atomic mass is 10.0. The van der Waals surface area contributed by atoms with Crippen LogP contribution in [-0.2, 0) is 0 Å². The van der Waals surface area contributed by atoms with Gasteiger partial charge in [0.1, 0.15) is 5.82 Å². The Morgan fingerprint density at radius 2 is 2.12 bits per heavy atom. The van der Waals surface area contributed by atoms with Gasteiger partial charge in [0.2, 0.25) is 0 Å². The van der Waals surface area contributed by atoms with Gasteiger partial charge in [-0.25, -0.2) is 4.98 Å². The summed E-state index contributed by atoms with van der Waals surface area (Å²) in [6, 6.07) is 11.7. The van der Waals surface area contributed by atoms with Gasteiger partial charge in [-0.3, -0.25) is 4.79 Å². The minimum Gasteiger partial charge on any atom is -0.355 e. The van der Waals surface area contributed by atoms with Crippen molar-refractivity contribution >= 4 is 5.91 Å². The van der Waals surface area contributed by atoms with Crippen molar-refractivity contribution in [3.05, 3.63) is 60.3 Å². The van der Waals surface area contributed by atoms with Crippen LogP contribution in [0.4, 0.5) is 0 Å². The summed E-state index contributed by atoms with van der Waals surface area (Å²) in [5, 5.41) is 3.99. The number of hydrogen-bond donors (Lipinski definition) is 0. The van der Waals surface area contributed by atoms with E-state index < -0.39 is 0 Å². The first-order chi connectivity index (χ1) is 12.2. The van der Waals surface area contributed by atoms with Crippen LogP contribution >= 0.6 is 0 Å². The highest BCUT2D eigenvalue weighted by molar-refractivity contribution is 5.93. The number of carbonyl (C=O) groups is 1. The summed E-state index contributed by atoms with van der Waals surface area (Å²) < 4.78 is 7.52. The average Bonchev–Trinajstić information content (AvgIpc) is 3.31. The van der Waals surface area contributed by atoms with Crippen molar-refractivity contribution in [3.8, 4) is 11.3 Å². The standard InChI is InChI=1S/C19H20N4O2/c1-14-20-9-11-23(14)16-8-5-10-22(13-16)19(24)17-12-18(25-21-17)15-6-3-2-4-7-15/h2-4,6-7,9,11-12,16H,5,8,10,13H2,1H3/t16-/m0/s1. The third-order valence-electron chi connectivity index (χ3n) is 4.73. The fraction of sp³-hybridized carbons (Fsp3) is 0.316. The van der Waals surface area contributed by atoms with Crippen LogP contribution in [0, 0.1) is 6.92 Å². The highest BCUT2D eigenvalue weighted by atomic mass is 16.5. The third-order valence-corrected chi connectivity index (χ3v) is 4.73. The number of nitrogens with zero attached hydrogens (tertiary/aromatic N) is 4. The number of piperidine rings is 1. The number of likely N-dealkylation sites (tertiary alicyclic amines) is 1. The average molecular weight is 336 g/mol. The van der Waals surface area contributed by atoms with Crippen molar-refractivity contribution in [1.29, 1.82) is 0 Å². The molecular weight excluding hydrogens is 316 g/mol. The largest absolute Gasteiger partial charge is 0.355 e. The van der Waals surface area contributed by atoms with Crippen molar-refractivity contribution in [3.63, 3.8) is 0 Å². The van der Waals surface area contributed by atoms with Crippen molar-refractivity contribution in [1.82, 2.24) is 19.6 Å². The first-order valence-electron chi connectivity index (χ1n) is 8.53. The fourth-order valence-corrected chi connectivity index (χ4v) is 3.42. The molecule has 3 heterocycles. The van der Waals surface area contributed by atoms with Crippen molar-refractivity contribution < 1.29 is 9.32 Å². The molecule has 4 rings (SSSR count). The van der Waals surface area contributed by atoms with Crippen LogP contribution in [0.25, 0.3) is 11.3 Å². The number of hydrogen-bond acceptors (Lipinski definition) is 4. The zero-order chi connectivity index (χ0) is 17.2. The van der Waals surface area contributed by atoms with Gasteiger partial charge in [0.25, 0.3) is 5.91 Å². The molecule has 0 unspecified atom stereocenters. The van der Waals surface area contributed by atoms with Crippen LogP contribution in [0.15, 0.2) is 53.3 Å². The van der Waals surface area contributed by atoms with E-state index in [1.807, 2.05) is 48.4 Å². The summed E-state index contributed by atoms with van der Waals surface area (Å²) in [6.07, 6.45) is 5.81. The Labute approximate surface area is 146 Å². The Balaban J connectivity index is 1.51. The smallest absolute Gasteiger partial charge is 0.276 e. The Morgan fingerprint density at radius 3 is 2.88 bits per heavy atom. The van der Waals surface area contributed by atoms with Gasteiger partial charge in [0.15, 0.2) is 11.5 Å². The molecule has 128 valence electrons. The van der Waals surface area contributed by atoms with Crippen LogP contribution in [0.2, 0.25) is 0 Å². The molecule has 3 aromatic rings.